The molecule has 3 aliphatic heterocycles. The van der Waals surface area contributed by atoms with Crippen LogP contribution in [0.5, 0.6) is 11.5 Å². The number of thioether (sulfide) groups is 1. The van der Waals surface area contributed by atoms with Gasteiger partial charge in [-0.25, -0.2) is 9.59 Å². The van der Waals surface area contributed by atoms with Crippen molar-refractivity contribution < 1.29 is 28.6 Å². The fourth-order valence-electron chi connectivity index (χ4n) is 6.86. The van der Waals surface area contributed by atoms with Crippen LogP contribution in [0, 0.1) is 0 Å². The highest BCUT2D eigenvalue weighted by Gasteiger charge is 2.42. The van der Waals surface area contributed by atoms with Crippen molar-refractivity contribution in [2.24, 2.45) is 0 Å². The monoisotopic (exact) mass is 722 g/mol. The molecule has 0 aliphatic carbocycles. The fourth-order valence-corrected chi connectivity index (χ4v) is 8.70. The number of urea groups is 1. The van der Waals surface area contributed by atoms with Crippen molar-refractivity contribution >= 4 is 64.0 Å². The van der Waals surface area contributed by atoms with Crippen molar-refractivity contribution in [3.05, 3.63) is 93.6 Å². The average molecular weight is 724 g/mol. The van der Waals surface area contributed by atoms with Gasteiger partial charge in [-0.1, -0.05) is 41.8 Å². The summed E-state index contributed by atoms with van der Waals surface area (Å²) in [4.78, 5) is 42.7. The summed E-state index contributed by atoms with van der Waals surface area (Å²) in [5, 5.41) is 8.58. The molecular weight excluding hydrogens is 687 g/mol. The number of aromatic nitrogens is 1. The normalized spacial score (nSPS) is 21.1. The molecule has 49 heavy (non-hydrogen) atoms. The molecule has 0 bridgehead atoms. The Bertz CT molecular complexity index is 1840. The molecule has 256 valence electrons. The first-order valence-electron chi connectivity index (χ1n) is 16.4. The van der Waals surface area contributed by atoms with E-state index in [4.69, 9.17) is 37.4 Å². The van der Waals surface area contributed by atoms with Crippen molar-refractivity contribution in [3.63, 3.8) is 0 Å². The second-order valence-corrected chi connectivity index (χ2v) is 14.5. The van der Waals surface area contributed by atoms with Gasteiger partial charge in [-0.15, -0.1) is 0 Å². The minimum absolute atomic E-state index is 0.0826. The van der Waals surface area contributed by atoms with E-state index in [-0.39, 0.29) is 37.3 Å². The predicted octanol–water partition coefficient (Wildman–Crippen LogP) is 7.27. The molecule has 4 heterocycles. The SMILES string of the molecule is O=C1NC2CSC(CCCCC(=O)OCCOc3ccc(C4c5[nH]c6ccc(Cl)cc6c5CCN4C(=O)Oc4ccc(Cl)cc4)cc3)C2N1. The third-order valence-corrected chi connectivity index (χ3v) is 11.2. The van der Waals surface area contributed by atoms with Crippen LogP contribution in [0.4, 0.5) is 9.59 Å². The number of nitrogens with zero attached hydrogens (tertiary/aromatic N) is 1. The molecule has 2 saturated heterocycles. The van der Waals surface area contributed by atoms with Gasteiger partial charge in [0.2, 0.25) is 0 Å². The Balaban J connectivity index is 0.938. The summed E-state index contributed by atoms with van der Waals surface area (Å²) >= 11 is 14.2. The summed E-state index contributed by atoms with van der Waals surface area (Å²) in [5.74, 6) is 1.71. The van der Waals surface area contributed by atoms with Crippen LogP contribution < -0.4 is 20.1 Å². The number of esters is 1. The van der Waals surface area contributed by atoms with Crippen LogP contribution in [-0.2, 0) is 16.0 Å². The standard InChI is InChI=1S/C36H36Cl2N4O6S/c37-22-7-12-25(13-8-22)48-36(45)42-16-15-26-27-19-23(38)9-14-28(27)39-32(26)34(42)21-5-10-24(11-6-21)46-17-18-47-31(43)4-2-1-3-30-33-29(20-49-30)40-35(44)41-33/h5-14,19,29-30,33-34,39H,1-4,15-18,20H2,(H2,40,41,44). The van der Waals surface area contributed by atoms with E-state index >= 15 is 0 Å². The number of benzene rings is 3. The molecule has 10 nitrogen and oxygen atoms in total. The van der Waals surface area contributed by atoms with Crippen LogP contribution in [0.3, 0.4) is 0 Å². The van der Waals surface area contributed by atoms with Gasteiger partial charge in [-0.05, 0) is 85.0 Å². The number of H-pyrrole nitrogens is 1. The Labute approximate surface area is 298 Å². The number of rotatable bonds is 11. The smallest absolute Gasteiger partial charge is 0.416 e. The third-order valence-electron chi connectivity index (χ3n) is 9.21. The first-order chi connectivity index (χ1) is 23.8. The van der Waals surface area contributed by atoms with Gasteiger partial charge < -0.3 is 29.8 Å². The van der Waals surface area contributed by atoms with Crippen LogP contribution in [-0.4, -0.2) is 70.8 Å². The Kier molecular flexibility index (Phi) is 10.1. The highest BCUT2D eigenvalue weighted by molar-refractivity contribution is 8.00. The van der Waals surface area contributed by atoms with Gasteiger partial charge in [-0.3, -0.25) is 9.69 Å². The molecule has 4 unspecified atom stereocenters. The molecule has 3 aromatic carbocycles. The highest BCUT2D eigenvalue weighted by atomic mass is 35.5. The number of unbranched alkanes of at least 4 members (excludes halogenated alkanes) is 1. The van der Waals surface area contributed by atoms with E-state index in [2.05, 4.69) is 15.6 Å². The lowest BCUT2D eigenvalue weighted by Crippen LogP contribution is -2.42. The number of fused-ring (bicyclic) bond motifs is 4. The summed E-state index contributed by atoms with van der Waals surface area (Å²) in [6.07, 6.45) is 3.12. The quantitative estimate of drug-likeness (QED) is 0.0846. The number of nitrogens with one attached hydrogen (secondary N) is 3. The van der Waals surface area contributed by atoms with Crippen molar-refractivity contribution in [2.75, 3.05) is 25.5 Å². The first-order valence-corrected chi connectivity index (χ1v) is 18.2. The minimum Gasteiger partial charge on any atom is -0.490 e. The maximum absolute atomic E-state index is 13.6. The van der Waals surface area contributed by atoms with E-state index in [1.165, 1.54) is 0 Å². The Morgan fingerprint density at radius 1 is 0.918 bits per heavy atom. The summed E-state index contributed by atoms with van der Waals surface area (Å²) in [7, 11) is 0. The third kappa shape index (κ3) is 7.59. The van der Waals surface area contributed by atoms with E-state index in [1.54, 1.807) is 29.2 Å². The number of aromatic amines is 1. The maximum Gasteiger partial charge on any atom is 0.416 e. The minimum atomic E-state index is -0.470. The number of hydrogen-bond donors (Lipinski definition) is 3. The predicted molar refractivity (Wildman–Crippen MR) is 190 cm³/mol. The molecule has 0 radical (unpaired) electrons. The van der Waals surface area contributed by atoms with Crippen molar-refractivity contribution in [1.82, 2.24) is 20.5 Å². The second-order valence-electron chi connectivity index (χ2n) is 12.4. The lowest BCUT2D eigenvalue weighted by molar-refractivity contribution is -0.144. The Morgan fingerprint density at radius 2 is 1.69 bits per heavy atom. The molecule has 4 atom stereocenters. The number of carbonyl (C=O) groups is 3. The fraction of sp³-hybridized carbons (Fsp3) is 0.361. The summed E-state index contributed by atoms with van der Waals surface area (Å²) < 4.78 is 17.0. The van der Waals surface area contributed by atoms with Crippen LogP contribution in [0.25, 0.3) is 10.9 Å². The van der Waals surface area contributed by atoms with E-state index in [0.29, 0.717) is 46.2 Å². The largest absolute Gasteiger partial charge is 0.490 e. The lowest BCUT2D eigenvalue weighted by atomic mass is 9.92. The zero-order valence-corrected chi connectivity index (χ0v) is 28.9. The molecule has 4 aromatic rings. The molecule has 3 aliphatic rings. The van der Waals surface area contributed by atoms with Crippen LogP contribution in [0.1, 0.15) is 48.5 Å². The van der Waals surface area contributed by atoms with Crippen molar-refractivity contribution in [2.45, 2.75) is 55.5 Å². The Hall–Kier alpha value is -4.06. The molecule has 2 fully saturated rings. The molecule has 0 spiro atoms. The van der Waals surface area contributed by atoms with Gasteiger partial charge in [-0.2, -0.15) is 11.8 Å². The van der Waals surface area contributed by atoms with Crippen LogP contribution in [0.15, 0.2) is 66.7 Å². The average Bonchev–Trinajstić information content (AvgIpc) is 3.78. The van der Waals surface area contributed by atoms with E-state index < -0.39 is 12.1 Å². The van der Waals surface area contributed by atoms with Gasteiger partial charge in [0.1, 0.15) is 30.8 Å². The van der Waals surface area contributed by atoms with Gasteiger partial charge >= 0.3 is 18.1 Å². The number of halogens is 2. The Morgan fingerprint density at radius 3 is 2.51 bits per heavy atom. The summed E-state index contributed by atoms with van der Waals surface area (Å²) in [5.41, 5.74) is 3.85. The molecule has 3 amide bonds. The number of ether oxygens (including phenoxy) is 3. The van der Waals surface area contributed by atoms with E-state index in [0.717, 1.165) is 52.7 Å². The van der Waals surface area contributed by atoms with Crippen LogP contribution in [0.2, 0.25) is 10.0 Å². The van der Waals surface area contributed by atoms with Crippen molar-refractivity contribution in [1.29, 1.82) is 0 Å². The highest BCUT2D eigenvalue weighted by Crippen LogP contribution is 2.40. The first kappa shape index (κ1) is 33.4. The van der Waals surface area contributed by atoms with E-state index in [9.17, 15) is 14.4 Å². The molecule has 1 aromatic heterocycles. The number of hydrogen-bond acceptors (Lipinski definition) is 7. The molecular formula is C36H36Cl2N4O6S. The zero-order chi connectivity index (χ0) is 33.9. The molecule has 13 heteroatoms. The molecule has 0 saturated carbocycles. The molecule has 3 N–H and O–H groups in total. The lowest BCUT2D eigenvalue weighted by Gasteiger charge is -2.35. The second kappa shape index (κ2) is 14.8. The maximum atomic E-state index is 13.6. The van der Waals surface area contributed by atoms with Gasteiger partial charge in [0.05, 0.1) is 12.1 Å². The van der Waals surface area contributed by atoms with Crippen molar-refractivity contribution in [3.8, 4) is 11.5 Å². The van der Waals surface area contributed by atoms with Crippen LogP contribution >= 0.6 is 35.0 Å². The van der Waals surface area contributed by atoms with Gasteiger partial charge in [0.15, 0.2) is 0 Å². The zero-order valence-electron chi connectivity index (χ0n) is 26.6. The number of amides is 3. The topological polar surface area (TPSA) is 122 Å². The van der Waals surface area contributed by atoms with Gasteiger partial charge in [0, 0.05) is 50.6 Å². The van der Waals surface area contributed by atoms with Gasteiger partial charge in [0.25, 0.3) is 0 Å². The summed E-state index contributed by atoms with van der Waals surface area (Å²) in [6, 6.07) is 19.9. The van der Waals surface area contributed by atoms with E-state index in [1.807, 2.05) is 54.2 Å². The number of carbonyl (C=O) groups excluding carboxylic acids is 3. The molecule has 7 rings (SSSR count). The summed E-state index contributed by atoms with van der Waals surface area (Å²) in [6.45, 7) is 0.813.